The van der Waals surface area contributed by atoms with Crippen molar-refractivity contribution in [2.45, 2.75) is 13.0 Å². The molecule has 1 aliphatic rings. The van der Waals surface area contributed by atoms with Gasteiger partial charge < -0.3 is 5.32 Å². The van der Waals surface area contributed by atoms with Gasteiger partial charge in [-0.2, -0.15) is 0 Å². The Morgan fingerprint density at radius 2 is 2.45 bits per heavy atom. The summed E-state index contributed by atoms with van der Waals surface area (Å²) < 4.78 is 0. The van der Waals surface area contributed by atoms with Crippen molar-refractivity contribution in [3.8, 4) is 0 Å². The molecule has 0 spiro atoms. The predicted molar refractivity (Wildman–Crippen MR) is 48.5 cm³/mol. The molecule has 0 aromatic rings. The normalized spacial score (nSPS) is 23.0. The second kappa shape index (κ2) is 3.76. The van der Waals surface area contributed by atoms with E-state index < -0.39 is 0 Å². The lowest BCUT2D eigenvalue weighted by atomic mass is 10.1. The Hall–Kier alpha value is -1.31. The molecule has 0 aromatic heterocycles. The molecule has 0 saturated heterocycles. The van der Waals surface area contributed by atoms with Crippen LogP contribution in [0.4, 0.5) is 0 Å². The minimum absolute atomic E-state index is 0.197. The molecule has 0 fully saturated rings. The number of nitrogens with one attached hydrogen (secondary N) is 1. The van der Waals surface area contributed by atoms with Gasteiger partial charge in [0, 0.05) is 0 Å². The highest BCUT2D eigenvalue weighted by Crippen LogP contribution is 2.07. The first-order chi connectivity index (χ1) is 5.38. The lowest BCUT2D eigenvalue weighted by molar-refractivity contribution is 0.776. The Kier molecular flexibility index (Phi) is 2.66. The average Bonchev–Trinajstić information content (AvgIpc) is 2.09. The van der Waals surface area contributed by atoms with Gasteiger partial charge in [-0.1, -0.05) is 18.2 Å². The Bertz CT molecular complexity index is 224. The topological polar surface area (TPSA) is 24.4 Å². The number of dihydropyridines is 1. The standard InChI is InChI=1S/C9H12N2/c1-3-8(10-2)9-6-4-5-7-11-9/h3-7,9,11H,2H2,1H3/b8-3-. The molecule has 1 aliphatic heterocycles. The molecule has 1 unspecified atom stereocenters. The van der Waals surface area contributed by atoms with Gasteiger partial charge in [0.2, 0.25) is 0 Å². The van der Waals surface area contributed by atoms with Crippen LogP contribution in [0.2, 0.25) is 0 Å². The Morgan fingerprint density at radius 1 is 1.64 bits per heavy atom. The van der Waals surface area contributed by atoms with Crippen LogP contribution < -0.4 is 5.32 Å². The average molecular weight is 148 g/mol. The molecule has 1 heterocycles. The summed E-state index contributed by atoms with van der Waals surface area (Å²) >= 11 is 0. The summed E-state index contributed by atoms with van der Waals surface area (Å²) in [4.78, 5) is 3.89. The highest BCUT2D eigenvalue weighted by Gasteiger charge is 2.06. The fourth-order valence-electron chi connectivity index (χ4n) is 0.999. The van der Waals surface area contributed by atoms with Crippen molar-refractivity contribution in [2.24, 2.45) is 4.99 Å². The number of hydrogen-bond acceptors (Lipinski definition) is 2. The van der Waals surface area contributed by atoms with Crippen LogP contribution in [0.15, 0.2) is 41.2 Å². The predicted octanol–water partition coefficient (Wildman–Crippen LogP) is 1.63. The minimum Gasteiger partial charge on any atom is -0.379 e. The van der Waals surface area contributed by atoms with Gasteiger partial charge in [0.05, 0.1) is 11.7 Å². The highest BCUT2D eigenvalue weighted by molar-refractivity contribution is 5.33. The zero-order valence-corrected chi connectivity index (χ0v) is 6.62. The van der Waals surface area contributed by atoms with E-state index in [-0.39, 0.29) is 6.04 Å². The van der Waals surface area contributed by atoms with E-state index in [2.05, 4.69) is 17.0 Å². The van der Waals surface area contributed by atoms with Gasteiger partial charge in [0.25, 0.3) is 0 Å². The number of rotatable bonds is 2. The summed E-state index contributed by atoms with van der Waals surface area (Å²) in [5, 5.41) is 3.15. The third kappa shape index (κ3) is 1.80. The van der Waals surface area contributed by atoms with Crippen LogP contribution in [0.1, 0.15) is 6.92 Å². The van der Waals surface area contributed by atoms with Gasteiger partial charge in [-0.05, 0) is 25.9 Å². The molecular weight excluding hydrogens is 136 g/mol. The van der Waals surface area contributed by atoms with Crippen LogP contribution in [0.3, 0.4) is 0 Å². The molecular formula is C9H12N2. The van der Waals surface area contributed by atoms with Crippen molar-refractivity contribution in [2.75, 3.05) is 0 Å². The van der Waals surface area contributed by atoms with E-state index in [0.29, 0.717) is 0 Å². The van der Waals surface area contributed by atoms with Crippen LogP contribution >= 0.6 is 0 Å². The lowest BCUT2D eigenvalue weighted by Gasteiger charge is -2.15. The quantitative estimate of drug-likeness (QED) is 0.591. The van der Waals surface area contributed by atoms with Crippen molar-refractivity contribution in [3.05, 3.63) is 36.2 Å². The molecule has 0 saturated carbocycles. The fourth-order valence-corrected chi connectivity index (χ4v) is 0.999. The highest BCUT2D eigenvalue weighted by atomic mass is 14.9. The van der Waals surface area contributed by atoms with Crippen LogP contribution in [0, 0.1) is 0 Å². The van der Waals surface area contributed by atoms with Gasteiger partial charge in [-0.3, -0.25) is 4.99 Å². The first kappa shape index (κ1) is 7.79. The summed E-state index contributed by atoms with van der Waals surface area (Å²) in [5.41, 5.74) is 0.964. The van der Waals surface area contributed by atoms with Crippen LogP contribution in [-0.4, -0.2) is 12.8 Å². The van der Waals surface area contributed by atoms with Crippen molar-refractivity contribution in [3.63, 3.8) is 0 Å². The zero-order chi connectivity index (χ0) is 8.10. The monoisotopic (exact) mass is 148 g/mol. The van der Waals surface area contributed by atoms with Crippen LogP contribution in [0.5, 0.6) is 0 Å². The maximum absolute atomic E-state index is 3.89. The number of aliphatic imine (C=N–C) groups is 1. The summed E-state index contributed by atoms with van der Waals surface area (Å²) in [6.07, 6.45) is 9.85. The maximum Gasteiger partial charge on any atom is 0.0864 e. The van der Waals surface area contributed by atoms with Gasteiger partial charge in [-0.15, -0.1) is 0 Å². The Labute approximate surface area is 67.0 Å². The van der Waals surface area contributed by atoms with Gasteiger partial charge in [-0.25, -0.2) is 0 Å². The molecule has 0 amide bonds. The summed E-state index contributed by atoms with van der Waals surface area (Å²) in [6.45, 7) is 5.45. The fraction of sp³-hybridized carbons (Fsp3) is 0.222. The zero-order valence-electron chi connectivity index (χ0n) is 6.62. The van der Waals surface area contributed by atoms with Crippen molar-refractivity contribution in [1.29, 1.82) is 0 Å². The van der Waals surface area contributed by atoms with Crippen molar-refractivity contribution >= 4 is 6.72 Å². The van der Waals surface area contributed by atoms with Crippen LogP contribution in [0.25, 0.3) is 0 Å². The molecule has 0 radical (unpaired) electrons. The molecule has 1 rings (SSSR count). The van der Waals surface area contributed by atoms with Crippen molar-refractivity contribution < 1.29 is 0 Å². The molecule has 2 heteroatoms. The third-order valence-corrected chi connectivity index (χ3v) is 1.58. The molecule has 1 atom stereocenters. The van der Waals surface area contributed by atoms with Crippen molar-refractivity contribution in [1.82, 2.24) is 5.32 Å². The van der Waals surface area contributed by atoms with E-state index in [1.54, 1.807) is 0 Å². The summed E-state index contributed by atoms with van der Waals surface area (Å²) in [5.74, 6) is 0. The smallest absolute Gasteiger partial charge is 0.0864 e. The first-order valence-corrected chi connectivity index (χ1v) is 3.61. The molecule has 0 aliphatic carbocycles. The SMILES string of the molecule is C=N/C(=C\C)C1C=CC=CN1. The Balaban J connectivity index is 2.68. The van der Waals surface area contributed by atoms with E-state index in [0.717, 1.165) is 5.70 Å². The Morgan fingerprint density at radius 3 is 2.91 bits per heavy atom. The number of hydrogen-bond donors (Lipinski definition) is 1. The maximum atomic E-state index is 3.89. The molecule has 2 nitrogen and oxygen atoms in total. The number of nitrogens with zero attached hydrogens (tertiary/aromatic N) is 1. The van der Waals surface area contributed by atoms with E-state index in [1.165, 1.54) is 0 Å². The largest absolute Gasteiger partial charge is 0.379 e. The molecule has 58 valence electrons. The first-order valence-electron chi connectivity index (χ1n) is 3.61. The molecule has 11 heavy (non-hydrogen) atoms. The van der Waals surface area contributed by atoms with Gasteiger partial charge >= 0.3 is 0 Å². The van der Waals surface area contributed by atoms with Gasteiger partial charge in [0.15, 0.2) is 0 Å². The van der Waals surface area contributed by atoms with E-state index in [1.807, 2.05) is 37.4 Å². The summed E-state index contributed by atoms with van der Waals surface area (Å²) in [6, 6.07) is 0.197. The van der Waals surface area contributed by atoms with E-state index in [9.17, 15) is 0 Å². The summed E-state index contributed by atoms with van der Waals surface area (Å²) in [7, 11) is 0. The lowest BCUT2D eigenvalue weighted by Crippen LogP contribution is -2.24. The van der Waals surface area contributed by atoms with E-state index >= 15 is 0 Å². The third-order valence-electron chi connectivity index (χ3n) is 1.58. The van der Waals surface area contributed by atoms with E-state index in [4.69, 9.17) is 0 Å². The molecule has 0 bridgehead atoms. The second-order valence-corrected chi connectivity index (χ2v) is 2.26. The molecule has 0 aromatic carbocycles. The number of allylic oxidation sites excluding steroid dienone is 3. The molecule has 1 N–H and O–H groups in total. The van der Waals surface area contributed by atoms with Crippen LogP contribution in [-0.2, 0) is 0 Å². The minimum atomic E-state index is 0.197. The second-order valence-electron chi connectivity index (χ2n) is 2.26. The van der Waals surface area contributed by atoms with Gasteiger partial charge in [0.1, 0.15) is 0 Å².